The zero-order chi connectivity index (χ0) is 10.7. The molecule has 1 heterocycles. The summed E-state index contributed by atoms with van der Waals surface area (Å²) in [6, 6.07) is 0. The number of thiazole rings is 1. The second-order valence-corrected chi connectivity index (χ2v) is 4.13. The predicted molar refractivity (Wildman–Crippen MR) is 56.6 cm³/mol. The Hall–Kier alpha value is -1.10. The lowest BCUT2D eigenvalue weighted by Crippen LogP contribution is -2.05. The van der Waals surface area contributed by atoms with E-state index in [0.29, 0.717) is 10.9 Å². The molecule has 5 heteroatoms. The van der Waals surface area contributed by atoms with E-state index in [0.717, 1.165) is 11.4 Å². The summed E-state index contributed by atoms with van der Waals surface area (Å²) < 4.78 is 4.57. The van der Waals surface area contributed by atoms with Gasteiger partial charge in [0.25, 0.3) is 0 Å². The number of rotatable bonds is 3. The average Bonchev–Trinajstić information content (AvgIpc) is 2.58. The van der Waals surface area contributed by atoms with E-state index in [2.05, 4.69) is 23.6 Å². The van der Waals surface area contributed by atoms with Gasteiger partial charge in [0.15, 0.2) is 5.69 Å². The van der Waals surface area contributed by atoms with Gasteiger partial charge < -0.3 is 10.5 Å². The Balaban J connectivity index is 2.98. The number of aromatic nitrogens is 1. The zero-order valence-electron chi connectivity index (χ0n) is 8.53. The van der Waals surface area contributed by atoms with Crippen molar-refractivity contribution in [2.24, 2.45) is 0 Å². The average molecular weight is 214 g/mol. The van der Waals surface area contributed by atoms with Crippen molar-refractivity contribution in [2.75, 3.05) is 12.8 Å². The van der Waals surface area contributed by atoms with E-state index in [4.69, 9.17) is 5.73 Å². The van der Waals surface area contributed by atoms with Gasteiger partial charge in [0.1, 0.15) is 5.00 Å². The van der Waals surface area contributed by atoms with Crippen molar-refractivity contribution in [1.29, 1.82) is 0 Å². The first kappa shape index (κ1) is 11.0. The number of carbonyl (C=O) groups is 1. The van der Waals surface area contributed by atoms with Crippen LogP contribution in [0.3, 0.4) is 0 Å². The Bertz CT molecular complexity index is 336. The third kappa shape index (κ3) is 2.04. The highest BCUT2D eigenvalue weighted by Crippen LogP contribution is 2.28. The molecule has 1 aromatic rings. The molecular formula is C9H14N2O2S. The molecule has 1 atom stereocenters. The van der Waals surface area contributed by atoms with Crippen molar-refractivity contribution in [2.45, 2.75) is 26.2 Å². The van der Waals surface area contributed by atoms with Crippen LogP contribution < -0.4 is 5.73 Å². The van der Waals surface area contributed by atoms with Gasteiger partial charge in [0, 0.05) is 5.92 Å². The molecule has 0 saturated heterocycles. The lowest BCUT2D eigenvalue weighted by Gasteiger charge is -2.01. The summed E-state index contributed by atoms with van der Waals surface area (Å²) in [4.78, 5) is 15.4. The highest BCUT2D eigenvalue weighted by atomic mass is 32.1. The van der Waals surface area contributed by atoms with Gasteiger partial charge in [-0.2, -0.15) is 0 Å². The Morgan fingerprint density at radius 3 is 2.86 bits per heavy atom. The molecule has 1 aromatic heterocycles. The first-order chi connectivity index (χ1) is 6.60. The van der Waals surface area contributed by atoms with Crippen LogP contribution in [-0.2, 0) is 4.74 Å². The van der Waals surface area contributed by atoms with Gasteiger partial charge in [0.05, 0.1) is 12.1 Å². The van der Waals surface area contributed by atoms with E-state index in [-0.39, 0.29) is 5.69 Å². The lowest BCUT2D eigenvalue weighted by atomic mass is 10.1. The third-order valence-electron chi connectivity index (χ3n) is 2.08. The molecule has 0 aliphatic rings. The summed E-state index contributed by atoms with van der Waals surface area (Å²) in [5, 5.41) is 1.33. The number of anilines is 1. The van der Waals surface area contributed by atoms with Gasteiger partial charge in [-0.1, -0.05) is 13.8 Å². The molecule has 0 saturated carbocycles. The Kier molecular flexibility index (Phi) is 3.46. The number of hydrogen-bond donors (Lipinski definition) is 1. The highest BCUT2D eigenvalue weighted by Gasteiger charge is 2.18. The molecule has 0 amide bonds. The number of ether oxygens (including phenoxy) is 1. The summed E-state index contributed by atoms with van der Waals surface area (Å²) in [7, 11) is 1.32. The molecule has 0 bridgehead atoms. The molecule has 14 heavy (non-hydrogen) atoms. The summed E-state index contributed by atoms with van der Waals surface area (Å²) >= 11 is 1.36. The number of nitrogen functional groups attached to an aromatic ring is 1. The van der Waals surface area contributed by atoms with Gasteiger partial charge in [0.2, 0.25) is 0 Å². The minimum atomic E-state index is -0.465. The second kappa shape index (κ2) is 4.41. The number of methoxy groups -OCH3 is 1. The fraction of sp³-hybridized carbons (Fsp3) is 0.556. The van der Waals surface area contributed by atoms with Gasteiger partial charge >= 0.3 is 5.97 Å². The SMILES string of the molecule is CCC(C)c1nc(C(=O)OC)c(N)s1. The maximum absolute atomic E-state index is 11.2. The van der Waals surface area contributed by atoms with Crippen molar-refractivity contribution >= 4 is 22.3 Å². The number of nitrogens with zero attached hydrogens (tertiary/aromatic N) is 1. The van der Waals surface area contributed by atoms with Crippen molar-refractivity contribution < 1.29 is 9.53 Å². The Labute approximate surface area is 87.1 Å². The number of hydrogen-bond acceptors (Lipinski definition) is 5. The van der Waals surface area contributed by atoms with Crippen molar-refractivity contribution in [1.82, 2.24) is 4.98 Å². The monoisotopic (exact) mass is 214 g/mol. The maximum Gasteiger partial charge on any atom is 0.359 e. The van der Waals surface area contributed by atoms with Gasteiger partial charge in [-0.3, -0.25) is 0 Å². The topological polar surface area (TPSA) is 65.2 Å². The van der Waals surface area contributed by atoms with Crippen molar-refractivity contribution in [3.63, 3.8) is 0 Å². The molecule has 1 rings (SSSR count). The van der Waals surface area contributed by atoms with Crippen molar-refractivity contribution in [3.8, 4) is 0 Å². The molecule has 0 fully saturated rings. The second-order valence-electron chi connectivity index (χ2n) is 3.07. The fourth-order valence-electron chi connectivity index (χ4n) is 0.977. The van der Waals surface area contributed by atoms with Crippen LogP contribution in [0.4, 0.5) is 5.00 Å². The molecule has 0 aliphatic heterocycles. The fourth-order valence-corrected chi connectivity index (χ4v) is 1.93. The van der Waals surface area contributed by atoms with Crippen LogP contribution in [-0.4, -0.2) is 18.1 Å². The summed E-state index contributed by atoms with van der Waals surface area (Å²) in [6.07, 6.45) is 0.980. The number of nitrogens with two attached hydrogens (primary N) is 1. The molecular weight excluding hydrogens is 200 g/mol. The van der Waals surface area contributed by atoms with Gasteiger partial charge in [-0.05, 0) is 6.42 Å². The lowest BCUT2D eigenvalue weighted by molar-refractivity contribution is 0.0596. The van der Waals surface area contributed by atoms with E-state index in [9.17, 15) is 4.79 Å². The molecule has 4 nitrogen and oxygen atoms in total. The first-order valence-electron chi connectivity index (χ1n) is 4.44. The standard InChI is InChI=1S/C9H14N2O2S/c1-4-5(2)8-11-6(7(10)14-8)9(12)13-3/h5H,4,10H2,1-3H3. The molecule has 0 radical (unpaired) electrons. The van der Waals surface area contributed by atoms with Crippen LogP contribution in [0.15, 0.2) is 0 Å². The first-order valence-corrected chi connectivity index (χ1v) is 5.26. The maximum atomic E-state index is 11.2. The normalized spacial score (nSPS) is 12.5. The molecule has 2 N–H and O–H groups in total. The minimum absolute atomic E-state index is 0.243. The van der Waals surface area contributed by atoms with Gasteiger partial charge in [-0.25, -0.2) is 9.78 Å². The van der Waals surface area contributed by atoms with E-state index >= 15 is 0 Å². The van der Waals surface area contributed by atoms with E-state index < -0.39 is 5.97 Å². The third-order valence-corrected chi connectivity index (χ3v) is 3.20. The van der Waals surface area contributed by atoms with E-state index in [1.54, 1.807) is 0 Å². The van der Waals surface area contributed by atoms with Crippen LogP contribution in [0.5, 0.6) is 0 Å². The Morgan fingerprint density at radius 1 is 1.71 bits per heavy atom. The largest absolute Gasteiger partial charge is 0.464 e. The van der Waals surface area contributed by atoms with Crippen LogP contribution in [0.2, 0.25) is 0 Å². The molecule has 0 aliphatic carbocycles. The summed E-state index contributed by atoms with van der Waals surface area (Å²) in [6.45, 7) is 4.12. The van der Waals surface area contributed by atoms with E-state index in [1.807, 2.05) is 0 Å². The minimum Gasteiger partial charge on any atom is -0.464 e. The summed E-state index contributed by atoms with van der Waals surface area (Å²) in [5.74, 6) is -0.131. The van der Waals surface area contributed by atoms with Crippen LogP contribution >= 0.6 is 11.3 Å². The Morgan fingerprint density at radius 2 is 2.36 bits per heavy atom. The molecule has 1 unspecified atom stereocenters. The van der Waals surface area contributed by atoms with Crippen molar-refractivity contribution in [3.05, 3.63) is 10.7 Å². The zero-order valence-corrected chi connectivity index (χ0v) is 9.35. The van der Waals surface area contributed by atoms with Gasteiger partial charge in [-0.15, -0.1) is 11.3 Å². The molecule has 78 valence electrons. The van der Waals surface area contributed by atoms with E-state index in [1.165, 1.54) is 18.4 Å². The smallest absolute Gasteiger partial charge is 0.359 e. The van der Waals surface area contributed by atoms with Crippen LogP contribution in [0.1, 0.15) is 41.7 Å². The highest BCUT2D eigenvalue weighted by molar-refractivity contribution is 7.16. The quantitative estimate of drug-likeness (QED) is 0.782. The number of esters is 1. The predicted octanol–water partition coefficient (Wildman–Crippen LogP) is 2.03. The molecule has 0 aromatic carbocycles. The molecule has 0 spiro atoms. The summed E-state index contributed by atoms with van der Waals surface area (Å²) in [5.41, 5.74) is 5.91. The number of carbonyl (C=O) groups excluding carboxylic acids is 1. The van der Waals surface area contributed by atoms with Crippen LogP contribution in [0.25, 0.3) is 0 Å². The van der Waals surface area contributed by atoms with Crippen LogP contribution in [0, 0.1) is 0 Å².